The molecule has 6 heteroatoms. The van der Waals surface area contributed by atoms with Crippen molar-refractivity contribution in [1.82, 2.24) is 0 Å². The summed E-state index contributed by atoms with van der Waals surface area (Å²) >= 11 is 0. The first-order valence-electron chi connectivity index (χ1n) is 9.44. The van der Waals surface area contributed by atoms with Crippen molar-refractivity contribution in [1.29, 1.82) is 0 Å². The van der Waals surface area contributed by atoms with Gasteiger partial charge in [-0.2, -0.15) is 0 Å². The zero-order valence-electron chi connectivity index (χ0n) is 16.5. The van der Waals surface area contributed by atoms with Crippen LogP contribution in [0.1, 0.15) is 18.1 Å². The molecule has 0 aliphatic carbocycles. The molecule has 0 aromatic heterocycles. The van der Waals surface area contributed by atoms with E-state index in [1.165, 1.54) is 16.4 Å². The maximum absolute atomic E-state index is 13.4. The topological polar surface area (TPSA) is 66.5 Å². The molecule has 3 aromatic carbocycles. The van der Waals surface area contributed by atoms with Gasteiger partial charge >= 0.3 is 0 Å². The second kappa shape index (κ2) is 8.92. The number of nitrogens with zero attached hydrogens (tertiary/aromatic N) is 1. The van der Waals surface area contributed by atoms with E-state index in [1.807, 2.05) is 44.2 Å². The Balaban J connectivity index is 1.98. The quantitative estimate of drug-likeness (QED) is 0.630. The van der Waals surface area contributed by atoms with Crippen LogP contribution in [0.15, 0.2) is 83.8 Å². The molecular weight excluding hydrogens is 384 g/mol. The molecule has 0 aliphatic heterocycles. The van der Waals surface area contributed by atoms with E-state index in [0.29, 0.717) is 17.8 Å². The molecule has 0 heterocycles. The van der Waals surface area contributed by atoms with Gasteiger partial charge in [0.05, 0.1) is 10.6 Å². The molecule has 3 aromatic rings. The number of amides is 1. The van der Waals surface area contributed by atoms with Gasteiger partial charge in [0.2, 0.25) is 5.91 Å². The second-order valence-electron chi connectivity index (χ2n) is 6.72. The van der Waals surface area contributed by atoms with Crippen molar-refractivity contribution < 1.29 is 13.2 Å². The lowest BCUT2D eigenvalue weighted by atomic mass is 10.1. The summed E-state index contributed by atoms with van der Waals surface area (Å²) in [7, 11) is -3.91. The third-order valence-electron chi connectivity index (χ3n) is 4.56. The molecule has 0 atom stereocenters. The minimum absolute atomic E-state index is 0.147. The standard InChI is InChI=1S/C23H24N2O3S/c1-3-19-11-7-8-15-22(19)25(29(27,28)21-13-5-4-6-14-21)17-23(26)24-20-12-9-10-18(2)16-20/h4-16H,3,17H2,1-2H3,(H,24,26). The van der Waals surface area contributed by atoms with Gasteiger partial charge in [-0.15, -0.1) is 0 Å². The molecule has 1 N–H and O–H groups in total. The van der Waals surface area contributed by atoms with E-state index in [1.54, 1.807) is 36.4 Å². The van der Waals surface area contributed by atoms with E-state index in [0.717, 1.165) is 11.1 Å². The Labute approximate surface area is 172 Å². The minimum Gasteiger partial charge on any atom is -0.325 e. The first kappa shape index (κ1) is 20.6. The largest absolute Gasteiger partial charge is 0.325 e. The van der Waals surface area contributed by atoms with Crippen molar-refractivity contribution in [2.24, 2.45) is 0 Å². The van der Waals surface area contributed by atoms with E-state index in [-0.39, 0.29) is 11.4 Å². The van der Waals surface area contributed by atoms with Crippen LogP contribution >= 0.6 is 0 Å². The number of hydrogen-bond donors (Lipinski definition) is 1. The van der Waals surface area contributed by atoms with Crippen LogP contribution in [0, 0.1) is 6.92 Å². The normalized spacial score (nSPS) is 11.1. The zero-order chi connectivity index (χ0) is 20.9. The molecule has 0 saturated carbocycles. The molecule has 0 saturated heterocycles. The van der Waals surface area contributed by atoms with Gasteiger partial charge in [0.1, 0.15) is 6.54 Å². The third kappa shape index (κ3) is 4.84. The molecule has 3 rings (SSSR count). The van der Waals surface area contributed by atoms with Gasteiger partial charge in [-0.1, -0.05) is 55.5 Å². The SMILES string of the molecule is CCc1ccccc1N(CC(=O)Nc1cccc(C)c1)S(=O)(=O)c1ccccc1. The number of aryl methyl sites for hydroxylation is 2. The average Bonchev–Trinajstić information content (AvgIpc) is 2.72. The molecule has 150 valence electrons. The van der Waals surface area contributed by atoms with Crippen LogP contribution < -0.4 is 9.62 Å². The van der Waals surface area contributed by atoms with Crippen molar-refractivity contribution in [3.8, 4) is 0 Å². The minimum atomic E-state index is -3.91. The van der Waals surface area contributed by atoms with Crippen LogP contribution in [0.2, 0.25) is 0 Å². The Kier molecular flexibility index (Phi) is 6.34. The number of sulfonamides is 1. The molecule has 0 aliphatic rings. The molecule has 1 amide bonds. The number of rotatable bonds is 7. The number of para-hydroxylation sites is 1. The highest BCUT2D eigenvalue weighted by Gasteiger charge is 2.28. The maximum Gasteiger partial charge on any atom is 0.264 e. The first-order chi connectivity index (χ1) is 13.9. The summed E-state index contributed by atoms with van der Waals surface area (Å²) in [4.78, 5) is 12.9. The van der Waals surface area contributed by atoms with E-state index in [4.69, 9.17) is 0 Å². The van der Waals surface area contributed by atoms with E-state index < -0.39 is 15.9 Å². The van der Waals surface area contributed by atoms with Gasteiger partial charge in [0, 0.05) is 5.69 Å². The van der Waals surface area contributed by atoms with Crippen LogP contribution in [0.5, 0.6) is 0 Å². The fourth-order valence-corrected chi connectivity index (χ4v) is 4.61. The van der Waals surface area contributed by atoms with Gasteiger partial charge in [-0.3, -0.25) is 9.10 Å². The number of nitrogens with one attached hydrogen (secondary N) is 1. The van der Waals surface area contributed by atoms with E-state index in [9.17, 15) is 13.2 Å². The lowest BCUT2D eigenvalue weighted by molar-refractivity contribution is -0.114. The highest BCUT2D eigenvalue weighted by Crippen LogP contribution is 2.27. The van der Waals surface area contributed by atoms with Crippen molar-refractivity contribution in [3.63, 3.8) is 0 Å². The Morgan fingerprint density at radius 2 is 1.62 bits per heavy atom. The van der Waals surface area contributed by atoms with Gasteiger partial charge < -0.3 is 5.32 Å². The summed E-state index contributed by atoms with van der Waals surface area (Å²) in [5.41, 5.74) is 3.01. The smallest absolute Gasteiger partial charge is 0.264 e. The lowest BCUT2D eigenvalue weighted by Gasteiger charge is -2.26. The highest BCUT2D eigenvalue weighted by molar-refractivity contribution is 7.92. The predicted octanol–water partition coefficient (Wildman–Crippen LogP) is 4.39. The van der Waals surface area contributed by atoms with Gasteiger partial charge in [-0.25, -0.2) is 8.42 Å². The number of hydrogen-bond acceptors (Lipinski definition) is 3. The van der Waals surface area contributed by atoms with E-state index >= 15 is 0 Å². The van der Waals surface area contributed by atoms with Crippen LogP contribution in [0.3, 0.4) is 0 Å². The summed E-state index contributed by atoms with van der Waals surface area (Å²) in [5, 5.41) is 2.80. The number of carbonyl (C=O) groups is 1. The maximum atomic E-state index is 13.4. The monoisotopic (exact) mass is 408 g/mol. The average molecular weight is 409 g/mol. The van der Waals surface area contributed by atoms with Crippen LogP contribution in [-0.4, -0.2) is 20.9 Å². The van der Waals surface area contributed by atoms with Crippen molar-refractivity contribution in [3.05, 3.63) is 90.0 Å². The summed E-state index contributed by atoms with van der Waals surface area (Å²) < 4.78 is 28.0. The van der Waals surface area contributed by atoms with Crippen LogP contribution in [-0.2, 0) is 21.2 Å². The van der Waals surface area contributed by atoms with Crippen LogP contribution in [0.4, 0.5) is 11.4 Å². The first-order valence-corrected chi connectivity index (χ1v) is 10.9. The summed E-state index contributed by atoms with van der Waals surface area (Å²) in [6, 6.07) is 22.8. The molecule has 0 radical (unpaired) electrons. The van der Waals surface area contributed by atoms with Gasteiger partial charge in [0.25, 0.3) is 10.0 Å². The molecule has 5 nitrogen and oxygen atoms in total. The number of anilines is 2. The van der Waals surface area contributed by atoms with Crippen LogP contribution in [0.25, 0.3) is 0 Å². The van der Waals surface area contributed by atoms with Gasteiger partial charge in [-0.05, 0) is 54.8 Å². The highest BCUT2D eigenvalue weighted by atomic mass is 32.2. The second-order valence-corrected chi connectivity index (χ2v) is 8.59. The molecular formula is C23H24N2O3S. The van der Waals surface area contributed by atoms with Crippen molar-refractivity contribution in [2.75, 3.05) is 16.2 Å². The van der Waals surface area contributed by atoms with Crippen molar-refractivity contribution in [2.45, 2.75) is 25.2 Å². The lowest BCUT2D eigenvalue weighted by Crippen LogP contribution is -2.38. The van der Waals surface area contributed by atoms with E-state index in [2.05, 4.69) is 5.32 Å². The van der Waals surface area contributed by atoms with Gasteiger partial charge in [0.15, 0.2) is 0 Å². The molecule has 0 fully saturated rings. The predicted molar refractivity (Wildman–Crippen MR) is 117 cm³/mol. The Hall–Kier alpha value is -3.12. The summed E-state index contributed by atoms with van der Waals surface area (Å²) in [6.07, 6.45) is 0.649. The Bertz CT molecular complexity index is 1100. The molecule has 0 bridgehead atoms. The zero-order valence-corrected chi connectivity index (χ0v) is 17.3. The number of carbonyl (C=O) groups excluding carboxylic acids is 1. The Morgan fingerprint density at radius 3 is 2.31 bits per heavy atom. The molecule has 0 spiro atoms. The summed E-state index contributed by atoms with van der Waals surface area (Å²) in [6.45, 7) is 3.57. The fraction of sp³-hybridized carbons (Fsp3) is 0.174. The Morgan fingerprint density at radius 1 is 0.931 bits per heavy atom. The van der Waals surface area contributed by atoms with Crippen molar-refractivity contribution >= 4 is 27.3 Å². The number of benzene rings is 3. The summed E-state index contributed by atoms with van der Waals surface area (Å²) in [5.74, 6) is -0.402. The third-order valence-corrected chi connectivity index (χ3v) is 6.34. The molecule has 29 heavy (non-hydrogen) atoms. The molecule has 0 unspecified atom stereocenters. The fourth-order valence-electron chi connectivity index (χ4n) is 3.13.